The number of fused-ring (bicyclic) bond motifs is 9. The second kappa shape index (κ2) is 10.5. The zero-order valence-electron chi connectivity index (χ0n) is 25.9. The zero-order valence-corrected chi connectivity index (χ0v) is 26.8. The van der Waals surface area contributed by atoms with Crippen LogP contribution in [0.3, 0.4) is 0 Å². The van der Waals surface area contributed by atoms with E-state index in [1.54, 1.807) is 7.11 Å². The number of primary amides is 1. The van der Waals surface area contributed by atoms with Gasteiger partial charge in [-0.05, 0) is 92.9 Å². The standard InChI is InChI=1S/C33H38N4O3.C3H6S/c1-35-16-21-13-22(17-35)37(21)32(39)33-15-27(33)26-14-23(40-2)9-11-24(26)30-29(19-6-4-3-5-7-19)25-10-8-20(31(34)38)12-28(25)36(30)18-33;4-3-1-2-3/h8-12,14,19,21-22,27H,3-7,13,15-18H2,1-2H3,(H2,34,38);3-4H,1-2H2/t21-,22+,27?,33?;. The summed E-state index contributed by atoms with van der Waals surface area (Å²) in [7, 11) is 3.88. The number of nitrogens with zero attached hydrogens (tertiary/aromatic N) is 3. The van der Waals surface area contributed by atoms with Gasteiger partial charge in [0.05, 0.1) is 18.2 Å². The van der Waals surface area contributed by atoms with Crippen LogP contribution in [0.1, 0.15) is 91.1 Å². The summed E-state index contributed by atoms with van der Waals surface area (Å²) in [5, 5.41) is 1.98. The summed E-state index contributed by atoms with van der Waals surface area (Å²) < 4.78 is 8.12. The van der Waals surface area contributed by atoms with Crippen molar-refractivity contribution in [1.29, 1.82) is 0 Å². The summed E-state index contributed by atoms with van der Waals surface area (Å²) >= 11 is 4.08. The summed E-state index contributed by atoms with van der Waals surface area (Å²) in [6.07, 6.45) is 10.8. The molecule has 5 fully saturated rings. The Labute approximate surface area is 265 Å². The molecular weight excluding hydrogens is 568 g/mol. The SMILES string of the molecule is COc1ccc2c(c1)C1CC1(C(=O)N1[C@@H]3C[C@H]1CN(C)C3)Cn1c-2c(C2CCCCC2)c2ccc(C(N)=O)cc21.SC1CC1. The van der Waals surface area contributed by atoms with Crippen LogP contribution in [0.4, 0.5) is 0 Å². The van der Waals surface area contributed by atoms with Crippen LogP contribution >= 0.6 is 12.6 Å². The molecule has 2 N–H and O–H groups in total. The van der Waals surface area contributed by atoms with Gasteiger partial charge in [-0.15, -0.1) is 0 Å². The van der Waals surface area contributed by atoms with E-state index in [9.17, 15) is 9.59 Å². The van der Waals surface area contributed by atoms with Gasteiger partial charge in [0.15, 0.2) is 0 Å². The predicted octanol–water partition coefficient (Wildman–Crippen LogP) is 5.94. The van der Waals surface area contributed by atoms with E-state index in [0.717, 1.165) is 42.4 Å². The first-order chi connectivity index (χ1) is 21.3. The minimum atomic E-state index is -0.474. The minimum Gasteiger partial charge on any atom is -0.497 e. The van der Waals surface area contributed by atoms with Gasteiger partial charge < -0.3 is 24.8 Å². The number of nitrogens with two attached hydrogens (primary N) is 1. The fourth-order valence-corrected chi connectivity index (χ4v) is 9.07. The van der Waals surface area contributed by atoms with Crippen molar-refractivity contribution in [3.8, 4) is 17.0 Å². The fraction of sp³-hybridized carbons (Fsp3) is 0.556. The van der Waals surface area contributed by atoms with Gasteiger partial charge >= 0.3 is 0 Å². The molecule has 0 radical (unpaired) electrons. The summed E-state index contributed by atoms with van der Waals surface area (Å²) in [4.78, 5) is 31.5. The van der Waals surface area contributed by atoms with Crippen LogP contribution in [0, 0.1) is 5.41 Å². The lowest BCUT2D eigenvalue weighted by Crippen LogP contribution is -2.70. The molecule has 7 nitrogen and oxygen atoms in total. The molecule has 9 rings (SSSR count). The third kappa shape index (κ3) is 4.50. The van der Waals surface area contributed by atoms with Crippen molar-refractivity contribution in [1.82, 2.24) is 14.4 Å². The summed E-state index contributed by atoms with van der Waals surface area (Å²) in [5.74, 6) is 1.38. The Hall–Kier alpha value is -2.97. The minimum absolute atomic E-state index is 0.164. The monoisotopic (exact) mass is 612 g/mol. The molecule has 8 heteroatoms. The number of rotatable bonds is 4. The van der Waals surface area contributed by atoms with Crippen molar-refractivity contribution in [3.05, 3.63) is 53.1 Å². The number of methoxy groups -OCH3 is 1. The molecule has 2 amide bonds. The van der Waals surface area contributed by atoms with E-state index in [1.807, 2.05) is 12.1 Å². The smallest absolute Gasteiger partial charge is 0.248 e. The van der Waals surface area contributed by atoms with Crippen LogP contribution in [-0.2, 0) is 11.3 Å². The van der Waals surface area contributed by atoms with Gasteiger partial charge in [-0.2, -0.15) is 12.6 Å². The van der Waals surface area contributed by atoms with E-state index >= 15 is 0 Å². The second-order valence-corrected chi connectivity index (χ2v) is 15.1. The molecule has 2 unspecified atom stereocenters. The first-order valence-electron chi connectivity index (χ1n) is 16.6. The van der Waals surface area contributed by atoms with Crippen molar-refractivity contribution in [2.45, 2.75) is 93.5 Å². The maximum Gasteiger partial charge on any atom is 0.248 e. The lowest BCUT2D eigenvalue weighted by atomic mass is 9.81. The van der Waals surface area contributed by atoms with Crippen molar-refractivity contribution in [3.63, 3.8) is 0 Å². The van der Waals surface area contributed by atoms with E-state index in [4.69, 9.17) is 10.5 Å². The van der Waals surface area contributed by atoms with E-state index < -0.39 is 11.3 Å². The number of ether oxygens (including phenoxy) is 1. The lowest BCUT2D eigenvalue weighted by Gasteiger charge is -2.56. The maximum absolute atomic E-state index is 14.6. The third-order valence-corrected chi connectivity index (χ3v) is 11.9. The molecule has 3 aliphatic carbocycles. The zero-order chi connectivity index (χ0) is 30.3. The molecule has 6 aliphatic rings. The molecule has 3 aliphatic heterocycles. The molecular formula is C36H44N4O3S. The highest BCUT2D eigenvalue weighted by atomic mass is 32.1. The number of hydrogen-bond acceptors (Lipinski definition) is 5. The van der Waals surface area contributed by atoms with Gasteiger partial charge in [-0.1, -0.05) is 25.3 Å². The number of hydrogen-bond donors (Lipinski definition) is 2. The lowest BCUT2D eigenvalue weighted by molar-refractivity contribution is -0.159. The maximum atomic E-state index is 14.6. The highest BCUT2D eigenvalue weighted by Gasteiger charge is 2.66. The highest BCUT2D eigenvalue weighted by molar-refractivity contribution is 7.81. The Morgan fingerprint density at radius 3 is 2.39 bits per heavy atom. The van der Waals surface area contributed by atoms with Crippen molar-refractivity contribution in [2.75, 3.05) is 27.2 Å². The average molecular weight is 613 g/mol. The molecule has 2 aromatic carbocycles. The Bertz CT molecular complexity index is 1640. The van der Waals surface area contributed by atoms with Crippen molar-refractivity contribution in [2.24, 2.45) is 11.1 Å². The number of thiol groups is 1. The molecule has 1 aromatic heterocycles. The van der Waals surface area contributed by atoms with Gasteiger partial charge in [0.25, 0.3) is 0 Å². The van der Waals surface area contributed by atoms with Gasteiger partial charge in [0.1, 0.15) is 5.75 Å². The van der Waals surface area contributed by atoms with Crippen LogP contribution in [0.25, 0.3) is 22.2 Å². The van der Waals surface area contributed by atoms with Crippen LogP contribution in [-0.4, -0.2) is 70.8 Å². The van der Waals surface area contributed by atoms with Crippen molar-refractivity contribution >= 4 is 35.3 Å². The summed E-state index contributed by atoms with van der Waals surface area (Å²) in [5.41, 5.74) is 12.0. The fourth-order valence-electron chi connectivity index (χ4n) is 8.92. The first kappa shape index (κ1) is 28.5. The number of amides is 2. The van der Waals surface area contributed by atoms with Crippen LogP contribution in [0.15, 0.2) is 36.4 Å². The molecule has 3 saturated carbocycles. The second-order valence-electron chi connectivity index (χ2n) is 14.4. The number of carbonyl (C=O) groups is 2. The van der Waals surface area contributed by atoms with E-state index in [-0.39, 0.29) is 5.92 Å². The van der Waals surface area contributed by atoms with Gasteiger partial charge in [0.2, 0.25) is 11.8 Å². The van der Waals surface area contributed by atoms with Crippen molar-refractivity contribution < 1.29 is 14.3 Å². The molecule has 3 aromatic rings. The van der Waals surface area contributed by atoms with Gasteiger partial charge in [-0.3, -0.25) is 9.59 Å². The molecule has 44 heavy (non-hydrogen) atoms. The number of piperazine rings is 1. The molecule has 2 saturated heterocycles. The molecule has 0 spiro atoms. The van der Waals surface area contributed by atoms with E-state index in [1.165, 1.54) is 72.7 Å². The van der Waals surface area contributed by atoms with Gasteiger partial charge in [-0.25, -0.2) is 0 Å². The number of aromatic nitrogens is 1. The quantitative estimate of drug-likeness (QED) is 0.357. The first-order valence-corrected chi connectivity index (χ1v) is 17.1. The van der Waals surface area contributed by atoms with Crippen LogP contribution < -0.4 is 10.5 Å². The topological polar surface area (TPSA) is 80.8 Å². The molecule has 4 atom stereocenters. The number of benzene rings is 2. The number of likely N-dealkylation sites (N-methyl/N-ethyl adjacent to an activating group) is 1. The number of piperidine rings is 1. The Morgan fingerprint density at radius 2 is 1.73 bits per heavy atom. The molecule has 232 valence electrons. The van der Waals surface area contributed by atoms with Crippen LogP contribution in [0.2, 0.25) is 0 Å². The number of carbonyl (C=O) groups excluding carboxylic acids is 2. The van der Waals surface area contributed by atoms with Crippen LogP contribution in [0.5, 0.6) is 5.75 Å². The van der Waals surface area contributed by atoms with Gasteiger partial charge in [0, 0.05) is 64.9 Å². The van der Waals surface area contributed by atoms with E-state index in [2.05, 4.69) is 58.3 Å². The summed E-state index contributed by atoms with van der Waals surface area (Å²) in [6, 6.07) is 13.1. The highest BCUT2D eigenvalue weighted by Crippen LogP contribution is 2.67. The Kier molecular flexibility index (Phi) is 6.83. The Balaban J connectivity index is 0.000000671. The summed E-state index contributed by atoms with van der Waals surface area (Å²) in [6.45, 7) is 2.55. The molecule has 4 heterocycles. The third-order valence-electron chi connectivity index (χ3n) is 11.4. The Morgan fingerprint density at radius 1 is 1.00 bits per heavy atom. The van der Waals surface area contributed by atoms with E-state index in [0.29, 0.717) is 36.0 Å². The average Bonchev–Trinajstić information content (AvgIpc) is 3.94. The number of likely N-dealkylation sites (tertiary alicyclic amines) is 2. The largest absolute Gasteiger partial charge is 0.497 e. The normalized spacial score (nSPS) is 28.9. The predicted molar refractivity (Wildman–Crippen MR) is 177 cm³/mol. The molecule has 2 bridgehead atoms.